The van der Waals surface area contributed by atoms with E-state index in [0.29, 0.717) is 9.58 Å². The van der Waals surface area contributed by atoms with E-state index >= 15 is 0 Å². The van der Waals surface area contributed by atoms with Gasteiger partial charge in [-0.3, -0.25) is 0 Å². The largest absolute Gasteiger partial charge is 0.600 e. The lowest BCUT2D eigenvalue weighted by Gasteiger charge is -2.04. The molecule has 1 aliphatic carbocycles. The summed E-state index contributed by atoms with van der Waals surface area (Å²) in [6.07, 6.45) is 1.83. The Bertz CT molecular complexity index is 624. The minimum atomic E-state index is -4.14. The third kappa shape index (κ3) is 2.68. The normalized spacial score (nSPS) is 16.6. The van der Waals surface area contributed by atoms with Crippen molar-refractivity contribution >= 4 is 33.0 Å². The number of alkyl halides is 3. The number of hydrogen-bond acceptors (Lipinski definition) is 0. The van der Waals surface area contributed by atoms with E-state index < -0.39 is 16.0 Å². The molecule has 0 bridgehead atoms. The predicted molar refractivity (Wildman–Crippen MR) is 81.0 cm³/mol. The molecule has 20 heavy (non-hydrogen) atoms. The van der Waals surface area contributed by atoms with Crippen molar-refractivity contribution in [2.45, 2.75) is 44.0 Å². The van der Waals surface area contributed by atoms with Gasteiger partial charge in [0.15, 0.2) is 9.58 Å². The minimum Gasteiger partial charge on any atom is -0.147 e. The first kappa shape index (κ1) is 15.6. The van der Waals surface area contributed by atoms with Crippen molar-refractivity contribution < 1.29 is 13.2 Å². The zero-order chi connectivity index (χ0) is 13.8. The molecule has 0 aliphatic heterocycles. The molecule has 1 aliphatic rings. The Morgan fingerprint density at radius 2 is 1.80 bits per heavy atom. The fourth-order valence-electron chi connectivity index (χ4n) is 2.46. The van der Waals surface area contributed by atoms with Crippen molar-refractivity contribution in [3.05, 3.63) is 34.7 Å². The number of rotatable bonds is 2. The van der Waals surface area contributed by atoms with E-state index in [1.807, 2.05) is 26.0 Å². The summed E-state index contributed by atoms with van der Waals surface area (Å²) in [6, 6.07) is 7.36. The molecule has 0 saturated heterocycles. The maximum absolute atomic E-state index is 13.4. The van der Waals surface area contributed by atoms with Gasteiger partial charge in [-0.25, -0.2) is 0 Å². The van der Waals surface area contributed by atoms with Crippen LogP contribution in [0.1, 0.15) is 49.0 Å². The van der Waals surface area contributed by atoms with E-state index in [4.69, 9.17) is 0 Å². The quantitative estimate of drug-likeness (QED) is 0.555. The summed E-state index contributed by atoms with van der Waals surface area (Å²) in [5.74, 6) is 0.425. The van der Waals surface area contributed by atoms with Gasteiger partial charge in [0.05, 0.1) is 10.5 Å². The second kappa shape index (κ2) is 5.23. The van der Waals surface area contributed by atoms with Crippen LogP contribution >= 0.6 is 22.9 Å². The highest BCUT2D eigenvalue weighted by Gasteiger charge is 2.51. The molecule has 0 radical (unpaired) electrons. The van der Waals surface area contributed by atoms with Gasteiger partial charge < -0.3 is 0 Å². The van der Waals surface area contributed by atoms with Crippen LogP contribution in [0.3, 0.4) is 0 Å². The average molecular weight is 322 g/mol. The number of fused-ring (bicyclic) bond motifs is 1. The smallest absolute Gasteiger partial charge is 0.147 e. The molecule has 0 N–H and O–H groups in total. The van der Waals surface area contributed by atoms with Gasteiger partial charge in [-0.15, -0.1) is 25.6 Å². The molecule has 1 fully saturated rings. The third-order valence-corrected chi connectivity index (χ3v) is 5.85. The number of halogens is 4. The molecular formula is C15H17ClF3S+. The lowest BCUT2D eigenvalue weighted by molar-refractivity contribution is -0.0867. The number of thiophene rings is 1. The Labute approximate surface area is 125 Å². The molecule has 1 saturated carbocycles. The average Bonchev–Trinajstić information content (AvgIpc) is 3.06. The molecule has 2 aromatic rings. The Balaban J connectivity index is 0.00000147. The highest BCUT2D eigenvalue weighted by molar-refractivity contribution is 7.38. The Hall–Kier alpha value is -0.740. The van der Waals surface area contributed by atoms with Crippen molar-refractivity contribution in [1.29, 1.82) is 0 Å². The fraction of sp³-hybridized carbons (Fsp3) is 0.467. The van der Waals surface area contributed by atoms with Crippen LogP contribution in [0.15, 0.2) is 24.3 Å². The van der Waals surface area contributed by atoms with Crippen molar-refractivity contribution in [2.75, 3.05) is 0 Å². The van der Waals surface area contributed by atoms with Crippen LogP contribution in [0.2, 0.25) is 0 Å². The van der Waals surface area contributed by atoms with Gasteiger partial charge in [-0.05, 0) is 30.4 Å². The highest BCUT2D eigenvalue weighted by Crippen LogP contribution is 2.57. The first-order valence-corrected chi connectivity index (χ1v) is 7.77. The fourth-order valence-corrected chi connectivity index (χ4v) is 4.66. The Morgan fingerprint density at radius 1 is 1.15 bits per heavy atom. The van der Waals surface area contributed by atoms with Crippen LogP contribution < -0.4 is 0 Å². The first-order valence-electron chi connectivity index (χ1n) is 6.54. The van der Waals surface area contributed by atoms with E-state index in [1.54, 1.807) is 12.1 Å². The van der Waals surface area contributed by atoms with Gasteiger partial charge in [-0.2, -0.15) is 0 Å². The van der Waals surface area contributed by atoms with Gasteiger partial charge in [0, 0.05) is 23.4 Å². The molecule has 1 aromatic heterocycles. The molecule has 1 heterocycles. The number of hydrogen-bond donors (Lipinski definition) is 0. The van der Waals surface area contributed by atoms with Gasteiger partial charge in [-0.1, -0.05) is 19.9 Å². The zero-order valence-electron chi connectivity index (χ0n) is 11.3. The zero-order valence-corrected chi connectivity index (χ0v) is 13.0. The van der Waals surface area contributed by atoms with Crippen LogP contribution in [0, 0.1) is 0 Å². The molecule has 5 heteroatoms. The van der Waals surface area contributed by atoms with Crippen LogP contribution in [0.5, 0.6) is 0 Å². The molecule has 1 unspecified atom stereocenters. The van der Waals surface area contributed by atoms with Gasteiger partial charge in [0.25, 0.3) is 0 Å². The van der Waals surface area contributed by atoms with E-state index in [2.05, 4.69) is 0 Å². The molecule has 110 valence electrons. The summed E-state index contributed by atoms with van der Waals surface area (Å²) in [4.78, 5) is 0.614. The minimum absolute atomic E-state index is 0. The molecule has 0 spiro atoms. The first-order chi connectivity index (χ1) is 8.88. The monoisotopic (exact) mass is 321 g/mol. The summed E-state index contributed by atoms with van der Waals surface area (Å²) in [6.45, 7) is 4.02. The van der Waals surface area contributed by atoms with Crippen molar-refractivity contribution in [1.82, 2.24) is 0 Å². The van der Waals surface area contributed by atoms with Gasteiger partial charge in [0.2, 0.25) is 0 Å². The second-order valence-corrected chi connectivity index (χ2v) is 7.51. The molecule has 0 nitrogen and oxygen atoms in total. The second-order valence-electron chi connectivity index (χ2n) is 5.52. The number of benzene rings is 1. The van der Waals surface area contributed by atoms with Crippen LogP contribution in [0.25, 0.3) is 10.1 Å². The van der Waals surface area contributed by atoms with Crippen LogP contribution in [-0.2, 0) is 5.51 Å². The maximum Gasteiger partial charge on any atom is 0.600 e. The summed E-state index contributed by atoms with van der Waals surface area (Å²) in [7, 11) is -1.69. The third-order valence-electron chi connectivity index (χ3n) is 3.67. The molecule has 0 amide bonds. The predicted octanol–water partition coefficient (Wildman–Crippen LogP) is 6.49. The SMILES string of the molecule is CC(C)c1ccc2cc(C3CC3)[s+](C(F)(F)F)c2c1.Cl. The van der Waals surface area contributed by atoms with Crippen LogP contribution in [-0.4, -0.2) is 0 Å². The molecule has 1 atom stereocenters. The Morgan fingerprint density at radius 3 is 2.30 bits per heavy atom. The lowest BCUT2D eigenvalue weighted by atomic mass is 10.0. The van der Waals surface area contributed by atoms with E-state index in [0.717, 1.165) is 23.8 Å². The Kier molecular flexibility index (Phi) is 4.09. The van der Waals surface area contributed by atoms with Crippen molar-refractivity contribution in [3.63, 3.8) is 0 Å². The topological polar surface area (TPSA) is 0 Å². The van der Waals surface area contributed by atoms with E-state index in [9.17, 15) is 13.2 Å². The summed E-state index contributed by atoms with van der Waals surface area (Å²) in [5.41, 5.74) is -3.15. The van der Waals surface area contributed by atoms with E-state index in [-0.39, 0.29) is 24.2 Å². The van der Waals surface area contributed by atoms with E-state index in [1.165, 1.54) is 0 Å². The summed E-state index contributed by atoms with van der Waals surface area (Å²) >= 11 is 0. The van der Waals surface area contributed by atoms with Gasteiger partial charge >= 0.3 is 5.51 Å². The molecule has 1 aromatic carbocycles. The van der Waals surface area contributed by atoms with Gasteiger partial charge in [0.1, 0.15) is 0 Å². The maximum atomic E-state index is 13.4. The van der Waals surface area contributed by atoms with Crippen molar-refractivity contribution in [3.8, 4) is 0 Å². The standard InChI is InChI=1S/C15H16F3S.ClH/c1-9(2)11-5-6-12-8-13(10-3-4-10)19(14(12)7-11)15(16,17)18;/h5-10H,3-4H2,1-2H3;1H/q+1;. The molecule has 3 rings (SSSR count). The van der Waals surface area contributed by atoms with Crippen molar-refractivity contribution in [2.24, 2.45) is 0 Å². The summed E-state index contributed by atoms with van der Waals surface area (Å²) < 4.78 is 40.6. The molecular weight excluding hydrogens is 305 g/mol. The highest BCUT2D eigenvalue weighted by atomic mass is 35.5. The van der Waals surface area contributed by atoms with Crippen LogP contribution in [0.4, 0.5) is 13.2 Å². The summed E-state index contributed by atoms with van der Waals surface area (Å²) in [5, 5.41) is 0.770. The lowest BCUT2D eigenvalue weighted by Crippen LogP contribution is -1.97.